The first-order valence-corrected chi connectivity index (χ1v) is 7.64. The Morgan fingerprint density at radius 1 is 1.26 bits per heavy atom. The molecule has 0 fully saturated rings. The van der Waals surface area contributed by atoms with Crippen LogP contribution in [0.5, 0.6) is 0 Å². The van der Waals surface area contributed by atoms with E-state index in [-0.39, 0.29) is 5.82 Å². The van der Waals surface area contributed by atoms with Crippen molar-refractivity contribution in [1.82, 2.24) is 4.90 Å². The lowest BCUT2D eigenvalue weighted by Gasteiger charge is -2.16. The van der Waals surface area contributed by atoms with Gasteiger partial charge in [-0.3, -0.25) is 4.90 Å². The van der Waals surface area contributed by atoms with E-state index in [4.69, 9.17) is 5.73 Å². The molecule has 5 heteroatoms. The molecular formula is C14H16BrFN2S. The SMILES string of the molecule is CN(Cc1csc(Br)c1)Cc1ccc(CN)cc1F. The smallest absolute Gasteiger partial charge is 0.128 e. The standard InChI is InChI=1S/C14H16BrFN2S/c1-18(7-11-5-14(15)19-9-11)8-12-3-2-10(6-17)4-13(12)16/h2-5,9H,6-8,17H2,1H3. The fourth-order valence-corrected chi connectivity index (χ4v) is 3.13. The number of rotatable bonds is 5. The van der Waals surface area contributed by atoms with Crippen LogP contribution in [0.2, 0.25) is 0 Å². The number of nitrogens with two attached hydrogens (primary N) is 1. The maximum Gasteiger partial charge on any atom is 0.128 e. The van der Waals surface area contributed by atoms with Gasteiger partial charge in [0.2, 0.25) is 0 Å². The van der Waals surface area contributed by atoms with Crippen molar-refractivity contribution in [1.29, 1.82) is 0 Å². The molecule has 0 aliphatic rings. The lowest BCUT2D eigenvalue weighted by molar-refractivity contribution is 0.314. The van der Waals surface area contributed by atoms with Crippen LogP contribution in [0.15, 0.2) is 33.4 Å². The molecule has 1 aromatic heterocycles. The van der Waals surface area contributed by atoms with E-state index in [0.29, 0.717) is 18.7 Å². The van der Waals surface area contributed by atoms with Crippen LogP contribution in [-0.4, -0.2) is 11.9 Å². The largest absolute Gasteiger partial charge is 0.326 e. The van der Waals surface area contributed by atoms with Crippen LogP contribution in [-0.2, 0) is 19.6 Å². The van der Waals surface area contributed by atoms with E-state index in [1.165, 1.54) is 11.6 Å². The summed E-state index contributed by atoms with van der Waals surface area (Å²) >= 11 is 5.11. The van der Waals surface area contributed by atoms with Gasteiger partial charge in [-0.25, -0.2) is 4.39 Å². The molecule has 1 aromatic carbocycles. The first-order valence-electron chi connectivity index (χ1n) is 5.97. The highest BCUT2D eigenvalue weighted by molar-refractivity contribution is 9.11. The Balaban J connectivity index is 2.00. The molecule has 0 aliphatic carbocycles. The fourth-order valence-electron chi connectivity index (χ4n) is 1.93. The van der Waals surface area contributed by atoms with E-state index in [0.717, 1.165) is 15.9 Å². The number of hydrogen-bond donors (Lipinski definition) is 1. The second kappa shape index (κ2) is 6.61. The zero-order valence-corrected chi connectivity index (χ0v) is 13.1. The molecule has 0 atom stereocenters. The minimum atomic E-state index is -0.179. The van der Waals surface area contributed by atoms with Crippen LogP contribution in [0, 0.1) is 5.82 Å². The van der Waals surface area contributed by atoms with Crippen LogP contribution in [0.25, 0.3) is 0 Å². The van der Waals surface area contributed by atoms with Crippen LogP contribution in [0.4, 0.5) is 4.39 Å². The molecule has 102 valence electrons. The third-order valence-corrected chi connectivity index (χ3v) is 4.42. The van der Waals surface area contributed by atoms with E-state index in [9.17, 15) is 4.39 Å². The minimum absolute atomic E-state index is 0.179. The Morgan fingerprint density at radius 3 is 2.63 bits per heavy atom. The van der Waals surface area contributed by atoms with Gasteiger partial charge in [0.1, 0.15) is 5.82 Å². The molecule has 0 unspecified atom stereocenters. The average Bonchev–Trinajstić information content (AvgIpc) is 2.77. The monoisotopic (exact) mass is 342 g/mol. The summed E-state index contributed by atoms with van der Waals surface area (Å²) in [6.45, 7) is 1.76. The van der Waals surface area contributed by atoms with Gasteiger partial charge in [0.25, 0.3) is 0 Å². The molecule has 0 saturated carbocycles. The van der Waals surface area contributed by atoms with E-state index >= 15 is 0 Å². The minimum Gasteiger partial charge on any atom is -0.326 e. The van der Waals surface area contributed by atoms with Crippen LogP contribution in [0.3, 0.4) is 0 Å². The van der Waals surface area contributed by atoms with Crippen molar-refractivity contribution in [2.24, 2.45) is 5.73 Å². The van der Waals surface area contributed by atoms with Crippen molar-refractivity contribution in [3.63, 3.8) is 0 Å². The maximum atomic E-state index is 13.9. The highest BCUT2D eigenvalue weighted by atomic mass is 79.9. The Bertz CT molecular complexity index is 556. The molecule has 2 rings (SSSR count). The first-order chi connectivity index (χ1) is 9.08. The van der Waals surface area contributed by atoms with Gasteiger partial charge >= 0.3 is 0 Å². The molecule has 19 heavy (non-hydrogen) atoms. The summed E-state index contributed by atoms with van der Waals surface area (Å²) in [6.07, 6.45) is 0. The summed E-state index contributed by atoms with van der Waals surface area (Å²) in [4.78, 5) is 2.09. The molecular weight excluding hydrogens is 327 g/mol. The maximum absolute atomic E-state index is 13.9. The molecule has 2 aromatic rings. The summed E-state index contributed by atoms with van der Waals surface area (Å²) in [5, 5.41) is 2.11. The number of benzene rings is 1. The fraction of sp³-hybridized carbons (Fsp3) is 0.286. The van der Waals surface area contributed by atoms with Crippen molar-refractivity contribution in [2.45, 2.75) is 19.6 Å². The third kappa shape index (κ3) is 4.11. The predicted molar refractivity (Wildman–Crippen MR) is 81.5 cm³/mol. The van der Waals surface area contributed by atoms with Crippen LogP contribution >= 0.6 is 27.3 Å². The quantitative estimate of drug-likeness (QED) is 0.896. The summed E-state index contributed by atoms with van der Waals surface area (Å²) in [5.74, 6) is -0.179. The molecule has 0 spiro atoms. The van der Waals surface area contributed by atoms with Gasteiger partial charge in [-0.1, -0.05) is 12.1 Å². The highest BCUT2D eigenvalue weighted by Crippen LogP contribution is 2.22. The Hall–Kier alpha value is -0.750. The number of nitrogens with zero attached hydrogens (tertiary/aromatic N) is 1. The van der Waals surface area contributed by atoms with Gasteiger partial charge in [0, 0.05) is 25.2 Å². The average molecular weight is 343 g/mol. The zero-order valence-electron chi connectivity index (χ0n) is 10.7. The van der Waals surface area contributed by atoms with E-state index < -0.39 is 0 Å². The topological polar surface area (TPSA) is 29.3 Å². The molecule has 0 bridgehead atoms. The van der Waals surface area contributed by atoms with Crippen molar-refractivity contribution in [2.75, 3.05) is 7.05 Å². The van der Waals surface area contributed by atoms with Gasteiger partial charge in [0.05, 0.1) is 3.79 Å². The number of thiophene rings is 1. The van der Waals surface area contributed by atoms with Crippen molar-refractivity contribution < 1.29 is 4.39 Å². The molecule has 0 aliphatic heterocycles. The van der Waals surface area contributed by atoms with Gasteiger partial charge in [0.15, 0.2) is 0 Å². The second-order valence-corrected chi connectivity index (χ2v) is 6.85. The van der Waals surface area contributed by atoms with Gasteiger partial charge in [-0.05, 0) is 51.6 Å². The van der Waals surface area contributed by atoms with Gasteiger partial charge in [-0.2, -0.15) is 0 Å². The van der Waals surface area contributed by atoms with E-state index in [1.54, 1.807) is 11.3 Å². The summed E-state index contributed by atoms with van der Waals surface area (Å²) in [6, 6.07) is 7.31. The normalized spacial score (nSPS) is 11.2. The third-order valence-electron chi connectivity index (χ3n) is 2.87. The zero-order chi connectivity index (χ0) is 13.8. The summed E-state index contributed by atoms with van der Waals surface area (Å²) in [5.41, 5.74) is 8.26. The molecule has 1 heterocycles. The summed E-state index contributed by atoms with van der Waals surface area (Å²) in [7, 11) is 1.99. The van der Waals surface area contributed by atoms with Gasteiger partial charge < -0.3 is 5.73 Å². The Kier molecular flexibility index (Phi) is 5.10. The molecule has 2 nitrogen and oxygen atoms in total. The Morgan fingerprint density at radius 2 is 2.05 bits per heavy atom. The molecule has 2 N–H and O–H groups in total. The van der Waals surface area contributed by atoms with Crippen molar-refractivity contribution >= 4 is 27.3 Å². The molecule has 0 amide bonds. The van der Waals surface area contributed by atoms with Gasteiger partial charge in [-0.15, -0.1) is 11.3 Å². The molecule has 0 saturated heterocycles. The number of halogens is 2. The van der Waals surface area contributed by atoms with E-state index in [1.807, 2.05) is 19.2 Å². The van der Waals surface area contributed by atoms with Crippen LogP contribution < -0.4 is 5.73 Å². The Labute approximate surface area is 125 Å². The van der Waals surface area contributed by atoms with Crippen molar-refractivity contribution in [3.8, 4) is 0 Å². The second-order valence-electron chi connectivity index (χ2n) is 4.56. The lowest BCUT2D eigenvalue weighted by atomic mass is 10.1. The molecule has 0 radical (unpaired) electrons. The first kappa shape index (κ1) is 14.7. The van der Waals surface area contributed by atoms with E-state index in [2.05, 4.69) is 32.3 Å². The van der Waals surface area contributed by atoms with Crippen LogP contribution in [0.1, 0.15) is 16.7 Å². The predicted octanol–water partition coefficient (Wildman–Crippen LogP) is 3.74. The number of hydrogen-bond acceptors (Lipinski definition) is 3. The van der Waals surface area contributed by atoms with Crippen molar-refractivity contribution in [3.05, 3.63) is 55.9 Å². The highest BCUT2D eigenvalue weighted by Gasteiger charge is 2.08. The lowest BCUT2D eigenvalue weighted by Crippen LogP contribution is -2.17. The summed E-state index contributed by atoms with van der Waals surface area (Å²) < 4.78 is 15.0.